The van der Waals surface area contributed by atoms with Gasteiger partial charge in [-0.2, -0.15) is 0 Å². The Labute approximate surface area is 92.9 Å². The molecule has 2 aromatic heterocycles. The van der Waals surface area contributed by atoms with Gasteiger partial charge >= 0.3 is 5.95 Å². The molecule has 2 rings (SSSR count). The second kappa shape index (κ2) is 4.83. The fourth-order valence-corrected chi connectivity index (χ4v) is 1.13. The fourth-order valence-electron chi connectivity index (χ4n) is 1.01. The quantitative estimate of drug-likeness (QED) is 0.549. The lowest BCUT2D eigenvalue weighted by Crippen LogP contribution is -3.00. The highest BCUT2D eigenvalue weighted by Crippen LogP contribution is 1.96. The van der Waals surface area contributed by atoms with Crippen LogP contribution in [0.2, 0.25) is 0 Å². The van der Waals surface area contributed by atoms with Crippen LogP contribution in [0.5, 0.6) is 0 Å². The minimum absolute atomic E-state index is 0. The van der Waals surface area contributed by atoms with Gasteiger partial charge in [-0.1, -0.05) is 17.2 Å². The van der Waals surface area contributed by atoms with Gasteiger partial charge in [0, 0.05) is 10.6 Å². The largest absolute Gasteiger partial charge is 1.00 e. The summed E-state index contributed by atoms with van der Waals surface area (Å²) in [4.78, 5) is 7.17. The Kier molecular flexibility index (Phi) is 3.73. The molecule has 0 aliphatic carbocycles. The van der Waals surface area contributed by atoms with E-state index in [1.807, 2.05) is 41.4 Å². The van der Waals surface area contributed by atoms with Crippen LogP contribution in [0, 0.1) is 4.51 Å². The number of hydrogen-bond acceptors (Lipinski definition) is 2. The normalized spacial score (nSPS) is 9.14. The van der Waals surface area contributed by atoms with Crippen molar-refractivity contribution < 1.29 is 17.4 Å². The Morgan fingerprint density at radius 1 is 1.29 bits per heavy atom. The molecule has 2 aromatic rings. The Balaban J connectivity index is 0.000000980. The Morgan fingerprint density at radius 3 is 2.57 bits per heavy atom. The highest BCUT2D eigenvalue weighted by atomic mass is 35.5. The average molecular weight is 226 g/mol. The van der Waals surface area contributed by atoms with Gasteiger partial charge in [0.05, 0.1) is 18.6 Å². The van der Waals surface area contributed by atoms with Crippen molar-refractivity contribution in [3.8, 4) is 5.95 Å². The monoisotopic (exact) mass is 225 g/mol. The molecule has 0 fully saturated rings. The molecule has 0 aliphatic heterocycles. The van der Waals surface area contributed by atoms with Gasteiger partial charge < -0.3 is 12.4 Å². The van der Waals surface area contributed by atoms with Gasteiger partial charge in [-0.15, -0.1) is 0 Å². The third-order valence-electron chi connectivity index (χ3n) is 1.63. The summed E-state index contributed by atoms with van der Waals surface area (Å²) in [5.41, 5.74) is 0. The lowest BCUT2D eigenvalue weighted by molar-refractivity contribution is -0.377. The second-order valence-electron chi connectivity index (χ2n) is 2.55. The SMILES string of the molecule is S=c1ccn(-c2nccc[nH+]2)cc1.[Cl-]. The highest BCUT2D eigenvalue weighted by Gasteiger charge is 2.01. The fraction of sp³-hybridized carbons (Fsp3) is 0. The highest BCUT2D eigenvalue weighted by molar-refractivity contribution is 7.71. The molecule has 1 N–H and O–H groups in total. The molecule has 0 saturated carbocycles. The predicted octanol–water partition coefficient (Wildman–Crippen LogP) is -1.58. The molecule has 72 valence electrons. The molecule has 0 spiro atoms. The lowest BCUT2D eigenvalue weighted by Gasteiger charge is -1.93. The van der Waals surface area contributed by atoms with Crippen molar-refractivity contribution in [1.82, 2.24) is 9.55 Å². The van der Waals surface area contributed by atoms with E-state index in [9.17, 15) is 0 Å². The number of nitrogens with zero attached hydrogens (tertiary/aromatic N) is 2. The Bertz CT molecular complexity index is 435. The number of aromatic amines is 1. The summed E-state index contributed by atoms with van der Waals surface area (Å²) >= 11 is 4.98. The van der Waals surface area contributed by atoms with Gasteiger partial charge in [-0.05, 0) is 12.1 Å². The molecular weight excluding hydrogens is 218 g/mol. The molecular formula is C9H8ClN3S. The molecule has 0 amide bonds. The summed E-state index contributed by atoms with van der Waals surface area (Å²) in [6.07, 6.45) is 7.32. The van der Waals surface area contributed by atoms with E-state index in [2.05, 4.69) is 9.97 Å². The molecule has 2 heterocycles. The van der Waals surface area contributed by atoms with Crippen LogP contribution in [0.15, 0.2) is 43.0 Å². The van der Waals surface area contributed by atoms with E-state index < -0.39 is 0 Å². The second-order valence-corrected chi connectivity index (χ2v) is 3.02. The maximum atomic E-state index is 4.98. The molecule has 0 saturated heterocycles. The van der Waals surface area contributed by atoms with Gasteiger partial charge in [0.15, 0.2) is 0 Å². The zero-order chi connectivity index (χ0) is 9.10. The van der Waals surface area contributed by atoms with Crippen molar-refractivity contribution in [3.05, 3.63) is 47.5 Å². The number of H-pyrrole nitrogens is 1. The molecule has 0 aromatic carbocycles. The number of nitrogens with one attached hydrogen (secondary N) is 1. The van der Waals surface area contributed by atoms with Crippen LogP contribution in [0.4, 0.5) is 0 Å². The van der Waals surface area contributed by atoms with E-state index in [0.29, 0.717) is 0 Å². The van der Waals surface area contributed by atoms with E-state index in [1.165, 1.54) is 0 Å². The minimum atomic E-state index is 0. The summed E-state index contributed by atoms with van der Waals surface area (Å²) in [6.45, 7) is 0. The van der Waals surface area contributed by atoms with Crippen LogP contribution < -0.4 is 17.4 Å². The first-order chi connectivity index (χ1) is 6.36. The minimum Gasteiger partial charge on any atom is -1.00 e. The average Bonchev–Trinajstić information content (AvgIpc) is 2.20. The van der Waals surface area contributed by atoms with Crippen LogP contribution in [-0.2, 0) is 0 Å². The zero-order valence-corrected chi connectivity index (χ0v) is 8.79. The zero-order valence-electron chi connectivity index (χ0n) is 7.22. The topological polar surface area (TPSA) is 32.0 Å². The first kappa shape index (κ1) is 10.8. The third-order valence-corrected chi connectivity index (χ3v) is 1.91. The molecule has 0 bridgehead atoms. The summed E-state index contributed by atoms with van der Waals surface area (Å²) in [6, 6.07) is 5.56. The van der Waals surface area contributed by atoms with Crippen LogP contribution in [-0.4, -0.2) is 9.55 Å². The molecule has 3 nitrogen and oxygen atoms in total. The number of halogens is 1. The van der Waals surface area contributed by atoms with Gasteiger partial charge in [0.2, 0.25) is 0 Å². The number of aromatic nitrogens is 3. The molecule has 14 heavy (non-hydrogen) atoms. The Morgan fingerprint density at radius 2 is 2.00 bits per heavy atom. The molecule has 0 atom stereocenters. The Hall–Kier alpha value is -1.26. The number of hydrogen-bond donors (Lipinski definition) is 0. The maximum Gasteiger partial charge on any atom is 0.400 e. The number of rotatable bonds is 1. The van der Waals surface area contributed by atoms with E-state index in [4.69, 9.17) is 12.2 Å². The van der Waals surface area contributed by atoms with Crippen LogP contribution in [0.3, 0.4) is 0 Å². The smallest absolute Gasteiger partial charge is 0.400 e. The van der Waals surface area contributed by atoms with Crippen molar-refractivity contribution in [2.75, 3.05) is 0 Å². The summed E-state index contributed by atoms with van der Waals surface area (Å²) in [5, 5.41) is 0. The molecule has 0 aliphatic rings. The summed E-state index contributed by atoms with van der Waals surface area (Å²) < 4.78 is 2.70. The lowest BCUT2D eigenvalue weighted by atomic mass is 10.5. The molecule has 5 heteroatoms. The van der Waals surface area contributed by atoms with Gasteiger partial charge in [0.25, 0.3) is 0 Å². The van der Waals surface area contributed by atoms with Crippen molar-refractivity contribution in [2.45, 2.75) is 0 Å². The predicted molar refractivity (Wildman–Crippen MR) is 51.0 cm³/mol. The first-order valence-electron chi connectivity index (χ1n) is 3.88. The van der Waals surface area contributed by atoms with Crippen molar-refractivity contribution >= 4 is 12.2 Å². The van der Waals surface area contributed by atoms with Crippen LogP contribution in [0.1, 0.15) is 0 Å². The van der Waals surface area contributed by atoms with Gasteiger partial charge in [0.1, 0.15) is 6.20 Å². The maximum absolute atomic E-state index is 4.98. The van der Waals surface area contributed by atoms with E-state index in [0.717, 1.165) is 10.5 Å². The van der Waals surface area contributed by atoms with Crippen molar-refractivity contribution in [1.29, 1.82) is 0 Å². The summed E-state index contributed by atoms with van der Waals surface area (Å²) in [5.74, 6) is 0.775. The van der Waals surface area contributed by atoms with Crippen molar-refractivity contribution in [2.24, 2.45) is 0 Å². The molecule has 0 unspecified atom stereocenters. The van der Waals surface area contributed by atoms with E-state index >= 15 is 0 Å². The van der Waals surface area contributed by atoms with Crippen LogP contribution >= 0.6 is 12.2 Å². The van der Waals surface area contributed by atoms with Crippen LogP contribution in [0.25, 0.3) is 5.95 Å². The number of pyridine rings is 1. The van der Waals surface area contributed by atoms with Gasteiger partial charge in [-0.3, -0.25) is 0 Å². The first-order valence-corrected chi connectivity index (χ1v) is 4.28. The summed E-state index contributed by atoms with van der Waals surface area (Å²) in [7, 11) is 0. The standard InChI is InChI=1S/C9H7N3S.ClH/c13-8-2-6-12(7-3-8)9-10-4-1-5-11-9;/h1-7H;1H. The van der Waals surface area contributed by atoms with Crippen molar-refractivity contribution in [3.63, 3.8) is 0 Å². The van der Waals surface area contributed by atoms with E-state index in [-0.39, 0.29) is 12.4 Å². The third kappa shape index (κ3) is 2.37. The van der Waals surface area contributed by atoms with E-state index in [1.54, 1.807) is 6.20 Å². The molecule has 0 radical (unpaired) electrons. The van der Waals surface area contributed by atoms with Gasteiger partial charge in [-0.25, -0.2) is 9.55 Å².